The van der Waals surface area contributed by atoms with Gasteiger partial charge < -0.3 is 10.1 Å². The van der Waals surface area contributed by atoms with Crippen LogP contribution in [0.25, 0.3) is 0 Å². The molecule has 0 saturated carbocycles. The minimum Gasteiger partial charge on any atom is -0.492 e. The molecule has 0 radical (unpaired) electrons. The van der Waals surface area contributed by atoms with Gasteiger partial charge in [-0.25, -0.2) is 0 Å². The molecule has 2 nitrogen and oxygen atoms in total. The number of benzene rings is 1. The second-order valence-corrected chi connectivity index (χ2v) is 6.21. The Kier molecular flexibility index (Phi) is 4.92. The number of nitrogens with one attached hydrogen (secondary N) is 1. The molecule has 5 heteroatoms. The molecule has 0 spiro atoms. The highest BCUT2D eigenvalue weighted by atomic mass is 79.9. The van der Waals surface area contributed by atoms with Crippen LogP contribution in [0.1, 0.15) is 11.8 Å². The van der Waals surface area contributed by atoms with Gasteiger partial charge in [-0.1, -0.05) is 23.7 Å². The van der Waals surface area contributed by atoms with Crippen LogP contribution < -0.4 is 10.1 Å². The molecule has 1 N–H and O–H groups in total. The fourth-order valence-electron chi connectivity index (χ4n) is 1.55. The summed E-state index contributed by atoms with van der Waals surface area (Å²) in [5, 5.41) is 3.36. The van der Waals surface area contributed by atoms with Gasteiger partial charge in [-0.05, 0) is 41.1 Å². The van der Waals surface area contributed by atoms with E-state index in [-0.39, 0.29) is 0 Å². The molecule has 96 valence electrons. The van der Waals surface area contributed by atoms with Crippen LogP contribution in [-0.2, 0) is 6.54 Å². The molecule has 0 atom stereocenters. The lowest BCUT2D eigenvalue weighted by Crippen LogP contribution is -2.01. The van der Waals surface area contributed by atoms with Crippen LogP contribution in [0.2, 0.25) is 4.34 Å². The number of rotatable bonds is 5. The lowest BCUT2D eigenvalue weighted by Gasteiger charge is -2.11. The van der Waals surface area contributed by atoms with Gasteiger partial charge in [0.05, 0.1) is 12.3 Å². The Morgan fingerprint density at radius 2 is 2.17 bits per heavy atom. The van der Waals surface area contributed by atoms with Gasteiger partial charge in [0.1, 0.15) is 10.1 Å². The van der Waals surface area contributed by atoms with Crippen molar-refractivity contribution in [2.24, 2.45) is 0 Å². The number of para-hydroxylation sites is 2. The Morgan fingerprint density at radius 1 is 1.39 bits per heavy atom. The van der Waals surface area contributed by atoms with Crippen molar-refractivity contribution < 1.29 is 4.74 Å². The van der Waals surface area contributed by atoms with Gasteiger partial charge in [0.25, 0.3) is 0 Å². The third-order valence-corrected chi connectivity index (χ3v) is 4.81. The quantitative estimate of drug-likeness (QED) is 0.806. The zero-order valence-electron chi connectivity index (χ0n) is 9.87. The largest absolute Gasteiger partial charge is 0.492 e. The molecule has 2 aromatic rings. The lowest BCUT2D eigenvalue weighted by atomic mass is 10.3. The molecule has 0 aliphatic carbocycles. The predicted octanol–water partition coefficient (Wildman–Crippen LogP) is 5.17. The fourth-order valence-corrected chi connectivity index (χ4v) is 3.29. The van der Waals surface area contributed by atoms with Crippen molar-refractivity contribution in [1.82, 2.24) is 0 Å². The Labute approximate surface area is 124 Å². The van der Waals surface area contributed by atoms with Crippen LogP contribution in [0.5, 0.6) is 5.75 Å². The third-order valence-electron chi connectivity index (χ3n) is 2.34. The minimum atomic E-state index is 0.662. The lowest BCUT2D eigenvalue weighted by molar-refractivity contribution is 0.341. The molecule has 1 heterocycles. The number of halogens is 2. The Morgan fingerprint density at radius 3 is 2.83 bits per heavy atom. The molecule has 0 fully saturated rings. The average molecular weight is 347 g/mol. The van der Waals surface area contributed by atoms with E-state index in [1.54, 1.807) is 11.3 Å². The van der Waals surface area contributed by atoms with Crippen molar-refractivity contribution in [2.75, 3.05) is 11.9 Å². The molecule has 0 amide bonds. The van der Waals surface area contributed by atoms with Crippen molar-refractivity contribution >= 4 is 44.6 Å². The summed E-state index contributed by atoms with van der Waals surface area (Å²) >= 11 is 11.0. The summed E-state index contributed by atoms with van der Waals surface area (Å²) < 4.78 is 7.29. The topological polar surface area (TPSA) is 21.3 Å². The average Bonchev–Trinajstić information content (AvgIpc) is 2.68. The summed E-state index contributed by atoms with van der Waals surface area (Å²) in [6, 6.07) is 9.96. The predicted molar refractivity (Wildman–Crippen MR) is 82.0 cm³/mol. The van der Waals surface area contributed by atoms with E-state index in [2.05, 4.69) is 21.2 Å². The summed E-state index contributed by atoms with van der Waals surface area (Å²) in [5.41, 5.74) is 1.000. The van der Waals surface area contributed by atoms with E-state index in [1.165, 1.54) is 4.88 Å². The summed E-state index contributed by atoms with van der Waals surface area (Å²) in [6.07, 6.45) is 0. The zero-order chi connectivity index (χ0) is 13.0. The number of anilines is 1. The van der Waals surface area contributed by atoms with Crippen molar-refractivity contribution in [1.29, 1.82) is 0 Å². The molecule has 0 aliphatic heterocycles. The van der Waals surface area contributed by atoms with E-state index in [9.17, 15) is 0 Å². The van der Waals surface area contributed by atoms with Gasteiger partial charge in [0.2, 0.25) is 0 Å². The Balaban J connectivity index is 2.05. The normalized spacial score (nSPS) is 10.4. The monoisotopic (exact) mass is 345 g/mol. The first-order chi connectivity index (χ1) is 8.70. The maximum Gasteiger partial charge on any atom is 0.142 e. The fraction of sp³-hybridized carbons (Fsp3) is 0.231. The number of thiophene rings is 1. The van der Waals surface area contributed by atoms with E-state index in [0.717, 1.165) is 26.8 Å². The van der Waals surface area contributed by atoms with Crippen molar-refractivity contribution in [3.63, 3.8) is 0 Å². The molecule has 1 aromatic carbocycles. The molecule has 0 unspecified atom stereocenters. The van der Waals surface area contributed by atoms with Gasteiger partial charge in [0.15, 0.2) is 0 Å². The van der Waals surface area contributed by atoms with Crippen molar-refractivity contribution in [3.05, 3.63) is 44.0 Å². The first kappa shape index (κ1) is 13.7. The second kappa shape index (κ2) is 6.45. The molecule has 0 aliphatic rings. The van der Waals surface area contributed by atoms with Gasteiger partial charge >= 0.3 is 0 Å². The Hall–Kier alpha value is -0.710. The van der Waals surface area contributed by atoms with E-state index >= 15 is 0 Å². The molecular weight excluding hydrogens is 334 g/mol. The SMILES string of the molecule is CCOc1ccccc1NCc1cc(Br)c(Cl)s1. The van der Waals surface area contributed by atoms with Crippen LogP contribution in [0.4, 0.5) is 5.69 Å². The molecule has 2 rings (SSSR count). The van der Waals surface area contributed by atoms with Crippen LogP contribution in [-0.4, -0.2) is 6.61 Å². The summed E-state index contributed by atoms with van der Waals surface area (Å²) in [5.74, 6) is 0.877. The zero-order valence-corrected chi connectivity index (χ0v) is 13.0. The molecule has 18 heavy (non-hydrogen) atoms. The van der Waals surface area contributed by atoms with Crippen LogP contribution >= 0.6 is 38.9 Å². The highest BCUT2D eigenvalue weighted by Crippen LogP contribution is 2.33. The molecular formula is C13H13BrClNOS. The van der Waals surface area contributed by atoms with Gasteiger partial charge in [-0.2, -0.15) is 0 Å². The molecule has 1 aromatic heterocycles. The van der Waals surface area contributed by atoms with Gasteiger partial charge in [-0.3, -0.25) is 0 Å². The molecule has 0 bridgehead atoms. The summed E-state index contributed by atoms with van der Waals surface area (Å²) in [4.78, 5) is 1.18. The van der Waals surface area contributed by atoms with Gasteiger partial charge in [-0.15, -0.1) is 11.3 Å². The highest BCUT2D eigenvalue weighted by Gasteiger charge is 2.06. The van der Waals surface area contributed by atoms with Crippen molar-refractivity contribution in [3.8, 4) is 5.75 Å². The van der Waals surface area contributed by atoms with Crippen molar-refractivity contribution in [2.45, 2.75) is 13.5 Å². The van der Waals surface area contributed by atoms with E-state index in [4.69, 9.17) is 16.3 Å². The highest BCUT2D eigenvalue weighted by molar-refractivity contribution is 9.10. The Bertz CT molecular complexity index is 510. The number of hydrogen-bond acceptors (Lipinski definition) is 3. The first-order valence-electron chi connectivity index (χ1n) is 5.60. The first-order valence-corrected chi connectivity index (χ1v) is 7.59. The smallest absolute Gasteiger partial charge is 0.142 e. The van der Waals surface area contributed by atoms with E-state index < -0.39 is 0 Å². The van der Waals surface area contributed by atoms with Crippen LogP contribution in [0.15, 0.2) is 34.8 Å². The van der Waals surface area contributed by atoms with E-state index in [0.29, 0.717) is 6.61 Å². The third kappa shape index (κ3) is 3.40. The van der Waals surface area contributed by atoms with Crippen LogP contribution in [0, 0.1) is 0 Å². The number of ether oxygens (including phenoxy) is 1. The number of hydrogen-bond donors (Lipinski definition) is 1. The van der Waals surface area contributed by atoms with E-state index in [1.807, 2.05) is 37.3 Å². The maximum absolute atomic E-state index is 6.01. The summed E-state index contributed by atoms with van der Waals surface area (Å²) in [6.45, 7) is 3.38. The maximum atomic E-state index is 6.01. The summed E-state index contributed by atoms with van der Waals surface area (Å²) in [7, 11) is 0. The molecule has 0 saturated heterocycles. The second-order valence-electron chi connectivity index (χ2n) is 3.62. The standard InChI is InChI=1S/C13H13BrClNOS/c1-2-17-12-6-4-3-5-11(12)16-8-9-7-10(14)13(15)18-9/h3-7,16H,2,8H2,1H3. The van der Waals surface area contributed by atoms with Crippen LogP contribution in [0.3, 0.4) is 0 Å². The van der Waals surface area contributed by atoms with Gasteiger partial charge in [0, 0.05) is 15.9 Å². The minimum absolute atomic E-state index is 0.662.